The van der Waals surface area contributed by atoms with E-state index < -0.39 is 0 Å². The van der Waals surface area contributed by atoms with Crippen molar-refractivity contribution in [2.45, 2.75) is 73.4 Å². The Balaban J connectivity index is 2.93. The van der Waals surface area contributed by atoms with Crippen LogP contribution in [0.15, 0.2) is 0 Å². The molecule has 1 rings (SSSR count). The lowest BCUT2D eigenvalue weighted by atomic mass is 9.88. The molecule has 0 radical (unpaired) electrons. The van der Waals surface area contributed by atoms with Crippen LogP contribution in [0.4, 0.5) is 0 Å². The summed E-state index contributed by atoms with van der Waals surface area (Å²) in [5.41, 5.74) is 1.58. The lowest BCUT2D eigenvalue weighted by molar-refractivity contribution is 0.300. The summed E-state index contributed by atoms with van der Waals surface area (Å²) in [6, 6.07) is 0.876. The number of rotatable bonds is 5. The summed E-state index contributed by atoms with van der Waals surface area (Å²) in [7, 11) is 0. The smallest absolute Gasteiger partial charge is 0.110 e. The van der Waals surface area contributed by atoms with Gasteiger partial charge in [-0.1, -0.05) is 41.5 Å². The number of nitrogens with zero attached hydrogens (tertiary/aromatic N) is 1. The van der Waals surface area contributed by atoms with Crippen molar-refractivity contribution in [3.8, 4) is 0 Å². The predicted molar refractivity (Wildman–Crippen MR) is 81.3 cm³/mol. The fourth-order valence-electron chi connectivity index (χ4n) is 2.16. The van der Waals surface area contributed by atoms with E-state index in [4.69, 9.17) is 4.98 Å². The summed E-state index contributed by atoms with van der Waals surface area (Å²) in [5.74, 6) is 0. The van der Waals surface area contributed by atoms with Gasteiger partial charge >= 0.3 is 0 Å². The van der Waals surface area contributed by atoms with Gasteiger partial charge in [0, 0.05) is 10.9 Å². The van der Waals surface area contributed by atoms with E-state index in [0.29, 0.717) is 17.5 Å². The lowest BCUT2D eigenvalue weighted by Gasteiger charge is -2.27. The zero-order valence-corrected chi connectivity index (χ0v) is 13.7. The van der Waals surface area contributed by atoms with Crippen molar-refractivity contribution in [2.75, 3.05) is 0 Å². The SMILES string of the molecule is CCc1nc(C(CC(C)(C)C)NC(C)C)sc1C. The van der Waals surface area contributed by atoms with Gasteiger partial charge in [0.1, 0.15) is 5.01 Å². The molecule has 0 aromatic carbocycles. The number of hydrogen-bond acceptors (Lipinski definition) is 3. The number of aryl methyl sites for hydroxylation is 2. The molecule has 1 N–H and O–H groups in total. The zero-order valence-electron chi connectivity index (χ0n) is 12.9. The molecule has 0 fully saturated rings. The highest BCUT2D eigenvalue weighted by Crippen LogP contribution is 2.33. The van der Waals surface area contributed by atoms with Crippen LogP contribution in [0.25, 0.3) is 0 Å². The maximum Gasteiger partial charge on any atom is 0.110 e. The fraction of sp³-hybridized carbons (Fsp3) is 0.800. The topological polar surface area (TPSA) is 24.9 Å². The molecule has 104 valence electrons. The van der Waals surface area contributed by atoms with Crippen molar-refractivity contribution in [2.24, 2.45) is 5.41 Å². The highest BCUT2D eigenvalue weighted by atomic mass is 32.1. The minimum Gasteiger partial charge on any atom is -0.306 e. The van der Waals surface area contributed by atoms with Gasteiger partial charge in [-0.25, -0.2) is 4.98 Å². The normalized spacial score (nSPS) is 14.2. The maximum atomic E-state index is 4.82. The van der Waals surface area contributed by atoms with E-state index in [0.717, 1.165) is 12.8 Å². The Kier molecular flexibility index (Phi) is 5.35. The molecule has 0 spiro atoms. The highest BCUT2D eigenvalue weighted by molar-refractivity contribution is 7.11. The first kappa shape index (κ1) is 15.6. The molecule has 0 amide bonds. The predicted octanol–water partition coefficient (Wildman–Crippen LogP) is 4.49. The van der Waals surface area contributed by atoms with Crippen LogP contribution in [0.3, 0.4) is 0 Å². The second kappa shape index (κ2) is 6.16. The fourth-order valence-corrected chi connectivity index (χ4v) is 3.23. The summed E-state index contributed by atoms with van der Waals surface area (Å²) in [5, 5.41) is 4.92. The van der Waals surface area contributed by atoms with Crippen molar-refractivity contribution >= 4 is 11.3 Å². The third kappa shape index (κ3) is 4.69. The van der Waals surface area contributed by atoms with E-state index in [1.165, 1.54) is 15.6 Å². The summed E-state index contributed by atoms with van der Waals surface area (Å²) >= 11 is 1.86. The van der Waals surface area contributed by atoms with Crippen LogP contribution in [0, 0.1) is 12.3 Å². The average molecular weight is 268 g/mol. The maximum absolute atomic E-state index is 4.82. The Hall–Kier alpha value is -0.410. The molecule has 1 heterocycles. The van der Waals surface area contributed by atoms with E-state index in [-0.39, 0.29) is 0 Å². The third-order valence-electron chi connectivity index (χ3n) is 2.89. The molecule has 0 bridgehead atoms. The number of aromatic nitrogens is 1. The summed E-state index contributed by atoms with van der Waals surface area (Å²) in [6.07, 6.45) is 2.16. The molecule has 0 saturated carbocycles. The molecule has 0 saturated heterocycles. The Morgan fingerprint density at radius 2 is 1.89 bits per heavy atom. The lowest BCUT2D eigenvalue weighted by Crippen LogP contribution is -2.31. The molecular weight excluding hydrogens is 240 g/mol. The third-order valence-corrected chi connectivity index (χ3v) is 4.02. The van der Waals surface area contributed by atoms with Crippen LogP contribution in [0.2, 0.25) is 0 Å². The van der Waals surface area contributed by atoms with Gasteiger partial charge in [-0.2, -0.15) is 0 Å². The molecular formula is C15H28N2S. The van der Waals surface area contributed by atoms with Gasteiger partial charge in [0.15, 0.2) is 0 Å². The van der Waals surface area contributed by atoms with Crippen LogP contribution >= 0.6 is 11.3 Å². The van der Waals surface area contributed by atoms with Crippen LogP contribution in [-0.4, -0.2) is 11.0 Å². The highest BCUT2D eigenvalue weighted by Gasteiger charge is 2.23. The van der Waals surface area contributed by atoms with E-state index in [1.807, 2.05) is 11.3 Å². The molecule has 18 heavy (non-hydrogen) atoms. The van der Waals surface area contributed by atoms with Gasteiger partial charge in [-0.3, -0.25) is 0 Å². The van der Waals surface area contributed by atoms with Gasteiger partial charge in [0.25, 0.3) is 0 Å². The monoisotopic (exact) mass is 268 g/mol. The van der Waals surface area contributed by atoms with Gasteiger partial charge in [-0.15, -0.1) is 11.3 Å². The van der Waals surface area contributed by atoms with Crippen molar-refractivity contribution < 1.29 is 0 Å². The summed E-state index contributed by atoms with van der Waals surface area (Å²) in [6.45, 7) is 15.7. The molecule has 3 heteroatoms. The standard InChI is InChI=1S/C15H28N2S/c1-8-12-11(4)18-14(17-12)13(16-10(2)3)9-15(5,6)7/h10,13,16H,8-9H2,1-7H3. The Bertz CT molecular complexity index is 374. The molecule has 1 aromatic heterocycles. The second-order valence-corrected chi connectivity index (χ2v) is 7.78. The minimum atomic E-state index is 0.318. The van der Waals surface area contributed by atoms with Gasteiger partial charge in [-0.05, 0) is 25.2 Å². The van der Waals surface area contributed by atoms with Crippen LogP contribution < -0.4 is 5.32 Å². The van der Waals surface area contributed by atoms with Crippen LogP contribution in [-0.2, 0) is 6.42 Å². The van der Waals surface area contributed by atoms with Crippen LogP contribution in [0.5, 0.6) is 0 Å². The summed E-state index contributed by atoms with van der Waals surface area (Å²) < 4.78 is 0. The summed E-state index contributed by atoms with van der Waals surface area (Å²) in [4.78, 5) is 6.19. The molecule has 1 aromatic rings. The molecule has 0 aliphatic carbocycles. The van der Waals surface area contributed by atoms with E-state index in [2.05, 4.69) is 53.8 Å². The number of nitrogens with one attached hydrogen (secondary N) is 1. The van der Waals surface area contributed by atoms with E-state index >= 15 is 0 Å². The van der Waals surface area contributed by atoms with E-state index in [1.54, 1.807) is 0 Å². The van der Waals surface area contributed by atoms with Crippen LogP contribution in [0.1, 0.15) is 69.6 Å². The number of hydrogen-bond donors (Lipinski definition) is 1. The molecule has 0 aliphatic heterocycles. The van der Waals surface area contributed by atoms with Crippen molar-refractivity contribution in [1.29, 1.82) is 0 Å². The largest absolute Gasteiger partial charge is 0.306 e. The van der Waals surface area contributed by atoms with Gasteiger partial charge < -0.3 is 5.32 Å². The first-order valence-corrected chi connectivity index (χ1v) is 7.77. The van der Waals surface area contributed by atoms with Gasteiger partial charge in [0.2, 0.25) is 0 Å². The Morgan fingerprint density at radius 1 is 1.28 bits per heavy atom. The first-order chi connectivity index (χ1) is 8.23. The van der Waals surface area contributed by atoms with Gasteiger partial charge in [0.05, 0.1) is 11.7 Å². The molecule has 0 aliphatic rings. The zero-order chi connectivity index (χ0) is 13.9. The average Bonchev–Trinajstić information content (AvgIpc) is 2.55. The molecule has 2 nitrogen and oxygen atoms in total. The van der Waals surface area contributed by atoms with Crippen molar-refractivity contribution in [3.63, 3.8) is 0 Å². The quantitative estimate of drug-likeness (QED) is 0.851. The van der Waals surface area contributed by atoms with Crippen molar-refractivity contribution in [3.05, 3.63) is 15.6 Å². The first-order valence-electron chi connectivity index (χ1n) is 6.95. The molecule has 1 atom stereocenters. The van der Waals surface area contributed by atoms with Crippen molar-refractivity contribution in [1.82, 2.24) is 10.3 Å². The van der Waals surface area contributed by atoms with E-state index in [9.17, 15) is 0 Å². The molecule has 1 unspecified atom stereocenters. The number of thiazole rings is 1. The Morgan fingerprint density at radius 3 is 2.28 bits per heavy atom. The second-order valence-electron chi connectivity index (χ2n) is 6.55. The Labute approximate surface area is 116 Å². The minimum absolute atomic E-state index is 0.318.